The van der Waals surface area contributed by atoms with Gasteiger partial charge in [0.15, 0.2) is 0 Å². The summed E-state index contributed by atoms with van der Waals surface area (Å²) < 4.78 is 1.65. The van der Waals surface area contributed by atoms with Crippen LogP contribution in [0.15, 0.2) is 48.8 Å². The Morgan fingerprint density at radius 1 is 1.21 bits per heavy atom. The molecule has 0 bridgehead atoms. The number of aryl methyl sites for hydroxylation is 1. The summed E-state index contributed by atoms with van der Waals surface area (Å²) in [5, 5.41) is 19.9. The Bertz CT molecular complexity index is 829. The van der Waals surface area contributed by atoms with Gasteiger partial charge in [-0.15, -0.1) is 5.10 Å². The van der Waals surface area contributed by atoms with Crippen molar-refractivity contribution in [3.8, 4) is 17.0 Å². The smallest absolute Gasteiger partial charge is 0.251 e. The number of benzene rings is 1. The van der Waals surface area contributed by atoms with Gasteiger partial charge in [0.25, 0.3) is 5.91 Å². The Balaban J connectivity index is 1.63. The molecule has 3 aromatic rings. The van der Waals surface area contributed by atoms with Crippen LogP contribution in [0, 0.1) is 6.92 Å². The molecular weight excluding hydrogens is 306 g/mol. The Hall–Kier alpha value is -3.22. The lowest BCUT2D eigenvalue weighted by Gasteiger charge is -2.07. The Morgan fingerprint density at radius 2 is 2.00 bits per heavy atom. The van der Waals surface area contributed by atoms with Crippen molar-refractivity contribution in [3.05, 3.63) is 60.0 Å². The largest absolute Gasteiger partial charge is 0.506 e. The molecule has 3 rings (SSSR count). The fourth-order valence-electron chi connectivity index (χ4n) is 2.24. The first-order valence-electron chi connectivity index (χ1n) is 7.53. The predicted octanol–water partition coefficient (Wildman–Crippen LogP) is 1.78. The second-order valence-electron chi connectivity index (χ2n) is 5.30. The fourth-order valence-corrected chi connectivity index (χ4v) is 2.24. The van der Waals surface area contributed by atoms with Crippen LogP contribution in [-0.2, 0) is 6.54 Å². The third kappa shape index (κ3) is 3.57. The minimum atomic E-state index is -0.142. The second-order valence-corrected chi connectivity index (χ2v) is 5.30. The third-order valence-electron chi connectivity index (χ3n) is 3.60. The summed E-state index contributed by atoms with van der Waals surface area (Å²) in [7, 11) is 0. The van der Waals surface area contributed by atoms with Crippen LogP contribution in [0.2, 0.25) is 0 Å². The first kappa shape index (κ1) is 15.7. The summed E-state index contributed by atoms with van der Waals surface area (Å²) >= 11 is 0. The highest BCUT2D eigenvalue weighted by Gasteiger charge is 2.07. The highest BCUT2D eigenvalue weighted by atomic mass is 16.3. The first-order chi connectivity index (χ1) is 11.6. The van der Waals surface area contributed by atoms with E-state index in [1.807, 2.05) is 12.1 Å². The van der Waals surface area contributed by atoms with Crippen molar-refractivity contribution in [3.63, 3.8) is 0 Å². The number of aromatic nitrogens is 4. The lowest BCUT2D eigenvalue weighted by molar-refractivity contribution is 0.0952. The fraction of sp³-hybridized carbons (Fsp3) is 0.176. The van der Waals surface area contributed by atoms with Crippen LogP contribution in [0.3, 0.4) is 0 Å². The molecule has 122 valence electrons. The molecule has 0 spiro atoms. The zero-order valence-corrected chi connectivity index (χ0v) is 13.2. The molecule has 0 aliphatic heterocycles. The number of carbonyl (C=O) groups is 1. The number of amides is 1. The van der Waals surface area contributed by atoms with Gasteiger partial charge in [-0.2, -0.15) is 0 Å². The van der Waals surface area contributed by atoms with Crippen LogP contribution < -0.4 is 5.32 Å². The van der Waals surface area contributed by atoms with Gasteiger partial charge in [-0.1, -0.05) is 17.3 Å². The predicted molar refractivity (Wildman–Crippen MR) is 88.4 cm³/mol. The minimum Gasteiger partial charge on any atom is -0.506 e. The van der Waals surface area contributed by atoms with Crippen LogP contribution in [0.5, 0.6) is 5.75 Å². The van der Waals surface area contributed by atoms with Crippen molar-refractivity contribution in [1.29, 1.82) is 0 Å². The van der Waals surface area contributed by atoms with Gasteiger partial charge in [0, 0.05) is 23.9 Å². The van der Waals surface area contributed by atoms with Crippen molar-refractivity contribution in [2.45, 2.75) is 13.5 Å². The maximum atomic E-state index is 12.1. The van der Waals surface area contributed by atoms with E-state index in [1.54, 1.807) is 48.3 Å². The van der Waals surface area contributed by atoms with Crippen LogP contribution in [0.25, 0.3) is 11.3 Å². The molecular formula is C17H17N5O2. The summed E-state index contributed by atoms with van der Waals surface area (Å²) in [5.74, 6) is 0.0265. The zero-order chi connectivity index (χ0) is 16.9. The quantitative estimate of drug-likeness (QED) is 0.746. The Labute approximate surface area is 139 Å². The summed E-state index contributed by atoms with van der Waals surface area (Å²) in [6, 6.07) is 10.5. The van der Waals surface area contributed by atoms with Gasteiger partial charge in [0.1, 0.15) is 5.75 Å². The van der Waals surface area contributed by atoms with Gasteiger partial charge in [-0.25, -0.2) is 4.98 Å². The highest BCUT2D eigenvalue weighted by Crippen LogP contribution is 2.22. The van der Waals surface area contributed by atoms with Crippen molar-refractivity contribution in [1.82, 2.24) is 25.3 Å². The SMILES string of the molecule is Cc1nc(-c2ccc(C(=O)NCCn3ccnn3)cc2)ccc1O. The number of nitrogens with one attached hydrogen (secondary N) is 1. The van der Waals surface area contributed by atoms with E-state index < -0.39 is 0 Å². The molecule has 0 unspecified atom stereocenters. The number of hydrogen-bond donors (Lipinski definition) is 2. The molecule has 2 heterocycles. The topological polar surface area (TPSA) is 92.9 Å². The maximum absolute atomic E-state index is 12.1. The summed E-state index contributed by atoms with van der Waals surface area (Å²) in [4.78, 5) is 16.4. The van der Waals surface area contributed by atoms with Crippen LogP contribution in [0.1, 0.15) is 16.1 Å². The summed E-state index contributed by atoms with van der Waals surface area (Å²) in [6.07, 6.45) is 3.34. The van der Waals surface area contributed by atoms with Gasteiger partial charge < -0.3 is 10.4 Å². The standard InChI is InChI=1S/C17H17N5O2/c1-12-16(23)7-6-15(20-12)13-2-4-14(5-3-13)17(24)18-8-10-22-11-9-19-21-22/h2-7,9,11,23H,8,10H2,1H3,(H,18,24). The van der Waals surface area contributed by atoms with E-state index >= 15 is 0 Å². The molecule has 2 aromatic heterocycles. The minimum absolute atomic E-state index is 0.142. The van der Waals surface area contributed by atoms with Gasteiger partial charge in [-0.05, 0) is 31.2 Å². The van der Waals surface area contributed by atoms with Gasteiger partial charge >= 0.3 is 0 Å². The lowest BCUT2D eigenvalue weighted by Crippen LogP contribution is -2.27. The van der Waals surface area contributed by atoms with Gasteiger partial charge in [0.2, 0.25) is 0 Å². The van der Waals surface area contributed by atoms with Crippen LogP contribution in [-0.4, -0.2) is 37.5 Å². The first-order valence-corrected chi connectivity index (χ1v) is 7.53. The van der Waals surface area contributed by atoms with Crippen molar-refractivity contribution in [2.75, 3.05) is 6.54 Å². The molecule has 0 radical (unpaired) electrons. The Morgan fingerprint density at radius 3 is 2.67 bits per heavy atom. The lowest BCUT2D eigenvalue weighted by atomic mass is 10.1. The molecule has 0 saturated heterocycles. The average Bonchev–Trinajstić information content (AvgIpc) is 3.11. The van der Waals surface area contributed by atoms with Crippen LogP contribution >= 0.6 is 0 Å². The monoisotopic (exact) mass is 323 g/mol. The van der Waals surface area contributed by atoms with Gasteiger partial charge in [0.05, 0.1) is 24.1 Å². The van der Waals surface area contributed by atoms with Crippen LogP contribution in [0.4, 0.5) is 0 Å². The number of pyridine rings is 1. The average molecular weight is 323 g/mol. The number of rotatable bonds is 5. The zero-order valence-electron chi connectivity index (χ0n) is 13.2. The number of nitrogens with zero attached hydrogens (tertiary/aromatic N) is 4. The molecule has 2 N–H and O–H groups in total. The van der Waals surface area contributed by atoms with E-state index in [1.165, 1.54) is 0 Å². The summed E-state index contributed by atoms with van der Waals surface area (Å²) in [5.41, 5.74) is 2.79. The molecule has 0 fully saturated rings. The molecule has 0 aliphatic carbocycles. The second kappa shape index (κ2) is 6.91. The Kier molecular flexibility index (Phi) is 4.51. The molecule has 0 aliphatic rings. The van der Waals surface area contributed by atoms with Crippen molar-refractivity contribution >= 4 is 5.91 Å². The molecule has 1 aromatic carbocycles. The van der Waals surface area contributed by atoms with Crippen molar-refractivity contribution < 1.29 is 9.90 Å². The molecule has 1 amide bonds. The maximum Gasteiger partial charge on any atom is 0.251 e. The molecule has 0 saturated carbocycles. The van der Waals surface area contributed by atoms with E-state index in [9.17, 15) is 9.90 Å². The number of carbonyl (C=O) groups excluding carboxylic acids is 1. The number of hydrogen-bond acceptors (Lipinski definition) is 5. The molecule has 0 atom stereocenters. The third-order valence-corrected chi connectivity index (χ3v) is 3.60. The van der Waals surface area contributed by atoms with Gasteiger partial charge in [-0.3, -0.25) is 9.48 Å². The highest BCUT2D eigenvalue weighted by molar-refractivity contribution is 5.94. The number of aromatic hydroxyl groups is 1. The van der Waals surface area contributed by atoms with Crippen molar-refractivity contribution in [2.24, 2.45) is 0 Å². The van der Waals surface area contributed by atoms with E-state index in [0.29, 0.717) is 24.3 Å². The van der Waals surface area contributed by atoms with E-state index in [4.69, 9.17) is 0 Å². The molecule has 7 heteroatoms. The van der Waals surface area contributed by atoms with E-state index in [2.05, 4.69) is 20.6 Å². The molecule has 24 heavy (non-hydrogen) atoms. The summed E-state index contributed by atoms with van der Waals surface area (Å²) in [6.45, 7) is 2.79. The van der Waals surface area contributed by atoms with E-state index in [-0.39, 0.29) is 11.7 Å². The normalized spacial score (nSPS) is 10.5. The van der Waals surface area contributed by atoms with E-state index in [0.717, 1.165) is 11.3 Å². The molecule has 7 nitrogen and oxygen atoms in total.